The van der Waals surface area contributed by atoms with Crippen molar-refractivity contribution in [2.24, 2.45) is 0 Å². The molecule has 0 radical (unpaired) electrons. The molecule has 1 aromatic heterocycles. The molecule has 1 saturated heterocycles. The normalized spacial score (nSPS) is 18.4. The molecule has 0 aliphatic carbocycles. The van der Waals surface area contributed by atoms with Crippen molar-refractivity contribution in [1.29, 1.82) is 0 Å². The van der Waals surface area contributed by atoms with E-state index >= 15 is 0 Å². The number of aromatic amines is 1. The predicted molar refractivity (Wildman–Crippen MR) is 83.4 cm³/mol. The number of amides is 1. The highest BCUT2D eigenvalue weighted by Gasteiger charge is 2.30. The van der Waals surface area contributed by atoms with E-state index < -0.39 is 0 Å². The van der Waals surface area contributed by atoms with E-state index in [-0.39, 0.29) is 11.9 Å². The van der Waals surface area contributed by atoms with E-state index in [1.807, 2.05) is 30.0 Å². The van der Waals surface area contributed by atoms with E-state index in [0.717, 1.165) is 17.9 Å². The third-order valence-electron chi connectivity index (χ3n) is 3.96. The number of benzene rings is 1. The monoisotopic (exact) mass is 299 g/mol. The maximum absolute atomic E-state index is 12.6. The number of nitrogens with one attached hydrogen (secondary N) is 1. The van der Waals surface area contributed by atoms with Gasteiger partial charge in [0.25, 0.3) is 0 Å². The van der Waals surface area contributed by atoms with Crippen molar-refractivity contribution in [3.8, 4) is 0 Å². The average molecular weight is 299 g/mol. The molecule has 1 amide bonds. The molecular formula is C17H21N3O2. The van der Waals surface area contributed by atoms with E-state index in [2.05, 4.69) is 22.1 Å². The standard InChI is InChI=1S/C17H21N3O2/c1-13-11-18-17(19-13)15-12-22-10-9-20(15)16(21)8-7-14-5-3-2-4-6-14/h2-6,11,15H,7-10,12H2,1H3,(H,18,19). The van der Waals surface area contributed by atoms with Gasteiger partial charge in [0.1, 0.15) is 11.9 Å². The van der Waals surface area contributed by atoms with Crippen molar-refractivity contribution in [1.82, 2.24) is 14.9 Å². The minimum absolute atomic E-state index is 0.106. The van der Waals surface area contributed by atoms with Gasteiger partial charge in [-0.25, -0.2) is 4.98 Å². The van der Waals surface area contributed by atoms with E-state index in [1.54, 1.807) is 6.20 Å². The molecule has 1 fully saturated rings. The molecule has 1 atom stereocenters. The Labute approximate surface area is 130 Å². The topological polar surface area (TPSA) is 58.2 Å². The first-order valence-electron chi connectivity index (χ1n) is 7.66. The second-order valence-corrected chi connectivity index (χ2v) is 5.61. The number of imidazole rings is 1. The number of aromatic nitrogens is 2. The van der Waals surface area contributed by atoms with Crippen LogP contribution in [-0.4, -0.2) is 40.5 Å². The van der Waals surface area contributed by atoms with E-state index in [4.69, 9.17) is 4.74 Å². The van der Waals surface area contributed by atoms with Gasteiger partial charge in [-0.3, -0.25) is 4.79 Å². The maximum atomic E-state index is 12.6. The third-order valence-corrected chi connectivity index (χ3v) is 3.96. The number of hydrogen-bond donors (Lipinski definition) is 1. The SMILES string of the molecule is Cc1cnc(C2COCCN2C(=O)CCc2ccccc2)[nH]1. The first kappa shape index (κ1) is 14.8. The van der Waals surface area contributed by atoms with Gasteiger partial charge in [-0.2, -0.15) is 0 Å². The molecule has 0 saturated carbocycles. The van der Waals surface area contributed by atoms with Crippen molar-refractivity contribution < 1.29 is 9.53 Å². The summed E-state index contributed by atoms with van der Waals surface area (Å²) in [4.78, 5) is 22.1. The summed E-state index contributed by atoms with van der Waals surface area (Å²) >= 11 is 0. The molecule has 5 heteroatoms. The van der Waals surface area contributed by atoms with Crippen LogP contribution in [0.3, 0.4) is 0 Å². The Morgan fingerprint density at radius 1 is 1.41 bits per heavy atom. The van der Waals surface area contributed by atoms with Crippen LogP contribution in [0, 0.1) is 6.92 Å². The fraction of sp³-hybridized carbons (Fsp3) is 0.412. The molecule has 22 heavy (non-hydrogen) atoms. The highest BCUT2D eigenvalue weighted by molar-refractivity contribution is 5.77. The smallest absolute Gasteiger partial charge is 0.223 e. The van der Waals surface area contributed by atoms with Crippen LogP contribution in [0.15, 0.2) is 36.5 Å². The molecule has 0 bridgehead atoms. The second-order valence-electron chi connectivity index (χ2n) is 5.61. The molecule has 2 aromatic rings. The van der Waals surface area contributed by atoms with Gasteiger partial charge in [0.15, 0.2) is 0 Å². The highest BCUT2D eigenvalue weighted by Crippen LogP contribution is 2.23. The summed E-state index contributed by atoms with van der Waals surface area (Å²) < 4.78 is 5.54. The molecular weight excluding hydrogens is 278 g/mol. The number of carbonyl (C=O) groups excluding carboxylic acids is 1. The van der Waals surface area contributed by atoms with Crippen LogP contribution in [0.2, 0.25) is 0 Å². The molecule has 1 N–H and O–H groups in total. The van der Waals surface area contributed by atoms with Crippen molar-refractivity contribution in [3.63, 3.8) is 0 Å². The Hall–Kier alpha value is -2.14. The Bertz CT molecular complexity index is 624. The van der Waals surface area contributed by atoms with Crippen LogP contribution in [0.1, 0.15) is 29.5 Å². The molecule has 5 nitrogen and oxygen atoms in total. The van der Waals surface area contributed by atoms with Crippen LogP contribution < -0.4 is 0 Å². The number of morpholine rings is 1. The van der Waals surface area contributed by atoms with Crippen molar-refractivity contribution in [2.45, 2.75) is 25.8 Å². The van der Waals surface area contributed by atoms with Gasteiger partial charge in [-0.1, -0.05) is 30.3 Å². The summed E-state index contributed by atoms with van der Waals surface area (Å²) in [6.07, 6.45) is 3.07. The first-order chi connectivity index (χ1) is 10.7. The van der Waals surface area contributed by atoms with Gasteiger partial charge in [-0.15, -0.1) is 0 Å². The maximum Gasteiger partial charge on any atom is 0.223 e. The summed E-state index contributed by atoms with van der Waals surface area (Å²) in [7, 11) is 0. The van der Waals surface area contributed by atoms with Gasteiger partial charge in [0.2, 0.25) is 5.91 Å². The van der Waals surface area contributed by atoms with Gasteiger partial charge >= 0.3 is 0 Å². The summed E-state index contributed by atoms with van der Waals surface area (Å²) in [5.41, 5.74) is 2.19. The Morgan fingerprint density at radius 3 is 2.95 bits per heavy atom. The quantitative estimate of drug-likeness (QED) is 0.942. The Balaban J connectivity index is 1.66. The third kappa shape index (κ3) is 3.36. The second kappa shape index (κ2) is 6.75. The number of ether oxygens (including phenoxy) is 1. The van der Waals surface area contributed by atoms with Crippen LogP contribution in [-0.2, 0) is 16.0 Å². The van der Waals surface area contributed by atoms with Crippen LogP contribution in [0.4, 0.5) is 0 Å². The lowest BCUT2D eigenvalue weighted by molar-refractivity contribution is -0.140. The molecule has 1 unspecified atom stereocenters. The number of rotatable bonds is 4. The highest BCUT2D eigenvalue weighted by atomic mass is 16.5. The number of aryl methyl sites for hydroxylation is 2. The molecule has 116 valence electrons. The van der Waals surface area contributed by atoms with Gasteiger partial charge in [-0.05, 0) is 18.9 Å². The zero-order chi connectivity index (χ0) is 15.4. The molecule has 1 aliphatic rings. The van der Waals surface area contributed by atoms with Crippen molar-refractivity contribution >= 4 is 5.91 Å². The largest absolute Gasteiger partial charge is 0.377 e. The van der Waals surface area contributed by atoms with Crippen molar-refractivity contribution in [3.05, 3.63) is 53.6 Å². The number of H-pyrrole nitrogens is 1. The van der Waals surface area contributed by atoms with E-state index in [1.165, 1.54) is 5.56 Å². The lowest BCUT2D eigenvalue weighted by atomic mass is 10.1. The van der Waals surface area contributed by atoms with Gasteiger partial charge < -0.3 is 14.6 Å². The average Bonchev–Trinajstić information content (AvgIpc) is 3.00. The van der Waals surface area contributed by atoms with Gasteiger partial charge in [0.05, 0.1) is 13.2 Å². The van der Waals surface area contributed by atoms with E-state index in [0.29, 0.717) is 26.2 Å². The summed E-state index contributed by atoms with van der Waals surface area (Å²) in [6.45, 7) is 3.68. The summed E-state index contributed by atoms with van der Waals surface area (Å²) in [5, 5.41) is 0. The molecule has 2 heterocycles. The Morgan fingerprint density at radius 2 is 2.23 bits per heavy atom. The lowest BCUT2D eigenvalue weighted by Gasteiger charge is -2.34. The van der Waals surface area contributed by atoms with Crippen LogP contribution >= 0.6 is 0 Å². The fourth-order valence-corrected chi connectivity index (χ4v) is 2.77. The first-order valence-corrected chi connectivity index (χ1v) is 7.66. The summed E-state index contributed by atoms with van der Waals surface area (Å²) in [5.74, 6) is 0.969. The van der Waals surface area contributed by atoms with Gasteiger partial charge in [0, 0.05) is 24.9 Å². The zero-order valence-corrected chi connectivity index (χ0v) is 12.8. The zero-order valence-electron chi connectivity index (χ0n) is 12.8. The molecule has 3 rings (SSSR count). The fourth-order valence-electron chi connectivity index (χ4n) is 2.77. The summed E-state index contributed by atoms with van der Waals surface area (Å²) in [6, 6.07) is 10.00. The predicted octanol–water partition coefficient (Wildman–Crippen LogP) is 2.25. The van der Waals surface area contributed by atoms with Crippen molar-refractivity contribution in [2.75, 3.05) is 19.8 Å². The molecule has 0 spiro atoms. The molecule has 1 aromatic carbocycles. The van der Waals surface area contributed by atoms with Crippen LogP contribution in [0.25, 0.3) is 0 Å². The van der Waals surface area contributed by atoms with E-state index in [9.17, 15) is 4.79 Å². The molecule has 1 aliphatic heterocycles. The lowest BCUT2D eigenvalue weighted by Crippen LogP contribution is -2.44. The minimum Gasteiger partial charge on any atom is -0.377 e. The number of hydrogen-bond acceptors (Lipinski definition) is 3. The minimum atomic E-state index is -0.106. The van der Waals surface area contributed by atoms with Crippen LogP contribution in [0.5, 0.6) is 0 Å². The number of carbonyl (C=O) groups is 1. The number of nitrogens with zero attached hydrogens (tertiary/aromatic N) is 2. The Kier molecular flexibility index (Phi) is 4.53.